The van der Waals surface area contributed by atoms with Crippen molar-refractivity contribution in [3.05, 3.63) is 68.2 Å². The van der Waals surface area contributed by atoms with Crippen molar-refractivity contribution in [2.45, 2.75) is 6.61 Å². The Bertz CT molecular complexity index is 686. The molecular weight excluding hydrogens is 340 g/mol. The van der Waals surface area contributed by atoms with Crippen molar-refractivity contribution >= 4 is 33.3 Å². The number of hydrogen-bond acceptors (Lipinski definition) is 5. The Morgan fingerprint density at radius 3 is 2.48 bits per heavy atom. The number of carbonyl (C=O) groups excluding carboxylic acids is 1. The lowest BCUT2D eigenvalue weighted by Crippen LogP contribution is -2.08. The first-order chi connectivity index (χ1) is 9.97. The highest BCUT2D eigenvalue weighted by atomic mass is 79.9. The van der Waals surface area contributed by atoms with Gasteiger partial charge in [-0.15, -0.1) is 0 Å². The SMILES string of the molecule is Nc1cc([N+](=O)[O-])ccc1C(=O)OCc1ccc(Br)cc1. The molecule has 0 aliphatic rings. The van der Waals surface area contributed by atoms with E-state index in [2.05, 4.69) is 15.9 Å². The molecule has 2 rings (SSSR count). The molecule has 6 nitrogen and oxygen atoms in total. The van der Waals surface area contributed by atoms with Gasteiger partial charge < -0.3 is 10.5 Å². The smallest absolute Gasteiger partial charge is 0.340 e. The van der Waals surface area contributed by atoms with E-state index >= 15 is 0 Å². The van der Waals surface area contributed by atoms with E-state index in [0.717, 1.165) is 16.1 Å². The Hall–Kier alpha value is -2.41. The monoisotopic (exact) mass is 350 g/mol. The average Bonchev–Trinajstić information content (AvgIpc) is 2.46. The van der Waals surface area contributed by atoms with Crippen LogP contribution >= 0.6 is 15.9 Å². The number of anilines is 1. The van der Waals surface area contributed by atoms with Gasteiger partial charge >= 0.3 is 5.97 Å². The molecule has 7 heteroatoms. The maximum absolute atomic E-state index is 11.9. The van der Waals surface area contributed by atoms with Gasteiger partial charge in [0, 0.05) is 16.6 Å². The van der Waals surface area contributed by atoms with Crippen molar-refractivity contribution in [3.8, 4) is 0 Å². The predicted octanol–water partition coefficient (Wildman–Crippen LogP) is 3.30. The standard InChI is InChI=1S/C14H11BrN2O4/c15-10-3-1-9(2-4-10)8-21-14(18)12-6-5-11(17(19)20)7-13(12)16/h1-7H,8,16H2. The number of ether oxygens (including phenoxy) is 1. The molecule has 0 aliphatic heterocycles. The molecule has 0 bridgehead atoms. The van der Waals surface area contributed by atoms with Crippen molar-refractivity contribution in [2.75, 3.05) is 5.73 Å². The van der Waals surface area contributed by atoms with Crippen molar-refractivity contribution in [1.29, 1.82) is 0 Å². The summed E-state index contributed by atoms with van der Waals surface area (Å²) in [5.41, 5.74) is 6.42. The third-order valence-corrected chi connectivity index (χ3v) is 3.28. The van der Waals surface area contributed by atoms with Crippen LogP contribution in [-0.2, 0) is 11.3 Å². The minimum absolute atomic E-state index is 0.0185. The molecule has 0 heterocycles. The summed E-state index contributed by atoms with van der Waals surface area (Å²) in [6.45, 7) is 0.0997. The van der Waals surface area contributed by atoms with Gasteiger partial charge in [0.15, 0.2) is 0 Å². The average molecular weight is 351 g/mol. The van der Waals surface area contributed by atoms with Crippen LogP contribution in [0.2, 0.25) is 0 Å². The normalized spacial score (nSPS) is 10.1. The van der Waals surface area contributed by atoms with Gasteiger partial charge in [-0.3, -0.25) is 10.1 Å². The molecular formula is C14H11BrN2O4. The highest BCUT2D eigenvalue weighted by molar-refractivity contribution is 9.10. The van der Waals surface area contributed by atoms with Gasteiger partial charge in [-0.2, -0.15) is 0 Å². The summed E-state index contributed by atoms with van der Waals surface area (Å²) in [5.74, 6) is -0.620. The molecule has 0 aliphatic carbocycles. The summed E-state index contributed by atoms with van der Waals surface area (Å²) in [7, 11) is 0. The number of nitro groups is 1. The number of esters is 1. The Morgan fingerprint density at radius 2 is 1.90 bits per heavy atom. The van der Waals surface area contributed by atoms with Crippen LogP contribution in [0.3, 0.4) is 0 Å². The zero-order valence-electron chi connectivity index (χ0n) is 10.8. The van der Waals surface area contributed by atoms with Crippen LogP contribution in [0.4, 0.5) is 11.4 Å². The molecule has 0 radical (unpaired) electrons. The number of non-ortho nitro benzene ring substituents is 1. The number of carbonyl (C=O) groups is 1. The predicted molar refractivity (Wildman–Crippen MR) is 80.8 cm³/mol. The fraction of sp³-hybridized carbons (Fsp3) is 0.0714. The maximum atomic E-state index is 11.9. The zero-order chi connectivity index (χ0) is 15.4. The Morgan fingerprint density at radius 1 is 1.24 bits per heavy atom. The maximum Gasteiger partial charge on any atom is 0.340 e. The van der Waals surface area contributed by atoms with Crippen LogP contribution < -0.4 is 5.73 Å². The van der Waals surface area contributed by atoms with Gasteiger partial charge in [0.25, 0.3) is 5.69 Å². The van der Waals surface area contributed by atoms with Crippen LogP contribution in [-0.4, -0.2) is 10.9 Å². The molecule has 0 amide bonds. The van der Waals surface area contributed by atoms with E-state index in [9.17, 15) is 14.9 Å². The number of nitro benzene ring substituents is 1. The number of nitrogens with two attached hydrogens (primary N) is 1. The Labute approximate surface area is 128 Å². The zero-order valence-corrected chi connectivity index (χ0v) is 12.4. The number of benzene rings is 2. The van der Waals surface area contributed by atoms with Crippen LogP contribution in [0.5, 0.6) is 0 Å². The van der Waals surface area contributed by atoms with Gasteiger partial charge in [0.2, 0.25) is 0 Å². The van der Waals surface area contributed by atoms with Gasteiger partial charge in [-0.25, -0.2) is 4.79 Å². The Kier molecular flexibility index (Phi) is 4.54. The van der Waals surface area contributed by atoms with Crippen LogP contribution in [0.15, 0.2) is 46.9 Å². The second kappa shape index (κ2) is 6.36. The van der Waals surface area contributed by atoms with E-state index in [1.54, 1.807) is 0 Å². The lowest BCUT2D eigenvalue weighted by atomic mass is 10.1. The molecule has 2 aromatic carbocycles. The summed E-state index contributed by atoms with van der Waals surface area (Å²) >= 11 is 3.31. The van der Waals surface area contributed by atoms with Crippen LogP contribution in [0.25, 0.3) is 0 Å². The molecule has 0 atom stereocenters. The first kappa shape index (κ1) is 15.0. The molecule has 2 N–H and O–H groups in total. The number of hydrogen-bond donors (Lipinski definition) is 1. The van der Waals surface area contributed by atoms with Crippen molar-refractivity contribution in [3.63, 3.8) is 0 Å². The highest BCUT2D eigenvalue weighted by Crippen LogP contribution is 2.21. The molecule has 0 saturated carbocycles. The van der Waals surface area contributed by atoms with E-state index in [0.29, 0.717) is 0 Å². The Balaban J connectivity index is 2.06. The minimum Gasteiger partial charge on any atom is -0.457 e. The third kappa shape index (κ3) is 3.79. The summed E-state index contributed by atoms with van der Waals surface area (Å²) in [6, 6.07) is 10.9. The highest BCUT2D eigenvalue weighted by Gasteiger charge is 2.15. The first-order valence-electron chi connectivity index (χ1n) is 5.93. The minimum atomic E-state index is -0.620. The van der Waals surface area contributed by atoms with Crippen molar-refractivity contribution < 1.29 is 14.5 Å². The molecule has 0 unspecified atom stereocenters. The topological polar surface area (TPSA) is 95.5 Å². The van der Waals surface area contributed by atoms with E-state index in [4.69, 9.17) is 10.5 Å². The van der Waals surface area contributed by atoms with Gasteiger partial charge in [0.05, 0.1) is 16.2 Å². The quantitative estimate of drug-likeness (QED) is 0.395. The molecule has 0 saturated heterocycles. The van der Waals surface area contributed by atoms with Crippen LogP contribution in [0.1, 0.15) is 15.9 Å². The summed E-state index contributed by atoms with van der Waals surface area (Å²) in [6.07, 6.45) is 0. The molecule has 2 aromatic rings. The van der Waals surface area contributed by atoms with Crippen LogP contribution in [0, 0.1) is 10.1 Å². The van der Waals surface area contributed by atoms with E-state index in [1.807, 2.05) is 24.3 Å². The second-order valence-electron chi connectivity index (χ2n) is 4.23. The number of rotatable bonds is 4. The lowest BCUT2D eigenvalue weighted by molar-refractivity contribution is -0.384. The van der Waals surface area contributed by atoms with Crippen molar-refractivity contribution in [2.24, 2.45) is 0 Å². The number of halogens is 1. The largest absolute Gasteiger partial charge is 0.457 e. The fourth-order valence-corrected chi connectivity index (χ4v) is 1.92. The van der Waals surface area contributed by atoms with E-state index in [1.165, 1.54) is 12.1 Å². The second-order valence-corrected chi connectivity index (χ2v) is 5.15. The van der Waals surface area contributed by atoms with Gasteiger partial charge in [0.1, 0.15) is 6.61 Å². The molecule has 0 aromatic heterocycles. The number of nitrogen functional groups attached to an aromatic ring is 1. The first-order valence-corrected chi connectivity index (χ1v) is 6.72. The fourth-order valence-electron chi connectivity index (χ4n) is 1.66. The van der Waals surface area contributed by atoms with Gasteiger partial charge in [-0.05, 0) is 23.8 Å². The third-order valence-electron chi connectivity index (χ3n) is 2.75. The van der Waals surface area contributed by atoms with E-state index < -0.39 is 10.9 Å². The summed E-state index contributed by atoms with van der Waals surface area (Å²) in [5, 5.41) is 10.6. The van der Waals surface area contributed by atoms with E-state index in [-0.39, 0.29) is 23.5 Å². The molecule has 108 valence electrons. The lowest BCUT2D eigenvalue weighted by Gasteiger charge is -2.07. The molecule has 21 heavy (non-hydrogen) atoms. The molecule has 0 fully saturated rings. The summed E-state index contributed by atoms with van der Waals surface area (Å²) in [4.78, 5) is 21.9. The summed E-state index contributed by atoms with van der Waals surface area (Å²) < 4.78 is 6.06. The van der Waals surface area contributed by atoms with Crippen molar-refractivity contribution in [1.82, 2.24) is 0 Å². The molecule has 0 spiro atoms. The van der Waals surface area contributed by atoms with Gasteiger partial charge in [-0.1, -0.05) is 28.1 Å². The number of nitrogens with zero attached hydrogens (tertiary/aromatic N) is 1.